The van der Waals surface area contributed by atoms with Crippen LogP contribution in [-0.2, 0) is 6.42 Å². The molecule has 0 spiro atoms. The molecule has 0 radical (unpaired) electrons. The molecule has 2 aromatic rings. The van der Waals surface area contributed by atoms with Crippen LogP contribution < -0.4 is 5.32 Å². The monoisotopic (exact) mass is 220 g/mol. The second-order valence-electron chi connectivity index (χ2n) is 3.88. The van der Waals surface area contributed by atoms with Crippen LogP contribution in [0, 0.1) is 0 Å². The number of aliphatic hydroxyl groups is 2. The molecule has 0 fully saturated rings. The van der Waals surface area contributed by atoms with Crippen molar-refractivity contribution in [2.45, 2.75) is 19.3 Å². The normalized spacial score (nSPS) is 12.2. The second-order valence-corrected chi connectivity index (χ2v) is 3.88. The lowest BCUT2D eigenvalue weighted by Crippen LogP contribution is -2.46. The number of aromatic amines is 1. The van der Waals surface area contributed by atoms with Gasteiger partial charge in [0, 0.05) is 23.5 Å². The molecule has 0 aliphatic heterocycles. The van der Waals surface area contributed by atoms with Crippen molar-refractivity contribution in [1.29, 1.82) is 0 Å². The van der Waals surface area contributed by atoms with Gasteiger partial charge in [-0.3, -0.25) is 5.32 Å². The number of H-pyrrole nitrogens is 1. The number of hydrogen-bond donors (Lipinski definition) is 4. The van der Waals surface area contributed by atoms with Crippen molar-refractivity contribution in [1.82, 2.24) is 10.3 Å². The van der Waals surface area contributed by atoms with E-state index in [1.807, 2.05) is 37.4 Å². The van der Waals surface area contributed by atoms with Gasteiger partial charge in [-0.05, 0) is 18.2 Å². The Balaban J connectivity index is 2.27. The average molecular weight is 220 g/mol. The van der Waals surface area contributed by atoms with E-state index in [0.29, 0.717) is 6.54 Å². The topological polar surface area (TPSA) is 68.3 Å². The first kappa shape index (κ1) is 11.1. The van der Waals surface area contributed by atoms with E-state index in [2.05, 4.69) is 10.3 Å². The Morgan fingerprint density at radius 3 is 2.81 bits per heavy atom. The molecule has 4 heteroatoms. The number of nitrogens with one attached hydrogen (secondary N) is 2. The molecule has 16 heavy (non-hydrogen) atoms. The minimum Gasteiger partial charge on any atom is -0.361 e. The van der Waals surface area contributed by atoms with E-state index >= 15 is 0 Å². The maximum atomic E-state index is 9.68. The Hall–Kier alpha value is -1.36. The molecule has 0 amide bonds. The van der Waals surface area contributed by atoms with Gasteiger partial charge >= 0.3 is 0 Å². The zero-order valence-corrected chi connectivity index (χ0v) is 9.20. The van der Waals surface area contributed by atoms with Gasteiger partial charge in [-0.1, -0.05) is 25.1 Å². The molecule has 0 atom stereocenters. The maximum absolute atomic E-state index is 9.68. The first-order chi connectivity index (χ1) is 7.62. The summed E-state index contributed by atoms with van der Waals surface area (Å²) in [7, 11) is 0. The summed E-state index contributed by atoms with van der Waals surface area (Å²) in [4.78, 5) is 3.10. The summed E-state index contributed by atoms with van der Waals surface area (Å²) < 4.78 is 0. The SMILES string of the molecule is CCNC(O)(O)Cc1c[nH]c2ccccc12. The summed E-state index contributed by atoms with van der Waals surface area (Å²) in [6, 6.07) is 7.80. The van der Waals surface area contributed by atoms with Crippen molar-refractivity contribution in [2.75, 3.05) is 6.54 Å². The zero-order chi connectivity index (χ0) is 11.6. The molecular weight excluding hydrogens is 204 g/mol. The molecule has 1 aromatic heterocycles. The fraction of sp³-hybridized carbons (Fsp3) is 0.333. The Labute approximate surface area is 93.9 Å². The number of rotatable bonds is 4. The summed E-state index contributed by atoms with van der Waals surface area (Å²) in [6.07, 6.45) is 1.97. The van der Waals surface area contributed by atoms with E-state index in [9.17, 15) is 10.2 Å². The van der Waals surface area contributed by atoms with Gasteiger partial charge in [-0.15, -0.1) is 0 Å². The van der Waals surface area contributed by atoms with Gasteiger partial charge in [-0.25, -0.2) is 0 Å². The molecular formula is C12H16N2O2. The number of benzene rings is 1. The van der Waals surface area contributed by atoms with E-state index in [0.717, 1.165) is 16.5 Å². The van der Waals surface area contributed by atoms with Crippen molar-refractivity contribution in [3.8, 4) is 0 Å². The quantitative estimate of drug-likeness (QED) is 0.580. The number of para-hydroxylation sites is 1. The summed E-state index contributed by atoms with van der Waals surface area (Å²) in [5.41, 5.74) is 1.89. The van der Waals surface area contributed by atoms with Crippen LogP contribution in [0.15, 0.2) is 30.5 Å². The van der Waals surface area contributed by atoms with Crippen LogP contribution in [-0.4, -0.2) is 27.7 Å². The molecule has 0 aliphatic carbocycles. The molecule has 0 bridgehead atoms. The van der Waals surface area contributed by atoms with Crippen LogP contribution >= 0.6 is 0 Å². The van der Waals surface area contributed by atoms with Crippen molar-refractivity contribution < 1.29 is 10.2 Å². The van der Waals surface area contributed by atoms with Crippen molar-refractivity contribution >= 4 is 10.9 Å². The molecule has 1 aromatic carbocycles. The lowest BCUT2D eigenvalue weighted by Gasteiger charge is -2.21. The Bertz CT molecular complexity index is 477. The molecule has 4 nitrogen and oxygen atoms in total. The van der Waals surface area contributed by atoms with Gasteiger partial charge in [-0.2, -0.15) is 0 Å². The van der Waals surface area contributed by atoms with E-state index < -0.39 is 5.91 Å². The standard InChI is InChI=1S/C12H16N2O2/c1-2-14-12(15,16)7-9-8-13-11-6-4-3-5-10(9)11/h3-6,8,13-16H,2,7H2,1H3. The Morgan fingerprint density at radius 2 is 2.06 bits per heavy atom. The highest BCUT2D eigenvalue weighted by molar-refractivity contribution is 5.83. The highest BCUT2D eigenvalue weighted by Crippen LogP contribution is 2.20. The lowest BCUT2D eigenvalue weighted by atomic mass is 10.1. The minimum atomic E-state index is -1.85. The van der Waals surface area contributed by atoms with Gasteiger partial charge < -0.3 is 15.2 Å². The summed E-state index contributed by atoms with van der Waals surface area (Å²) in [6.45, 7) is 2.34. The van der Waals surface area contributed by atoms with Crippen LogP contribution in [0.5, 0.6) is 0 Å². The highest BCUT2D eigenvalue weighted by atomic mass is 16.5. The van der Waals surface area contributed by atoms with Crippen molar-refractivity contribution in [3.63, 3.8) is 0 Å². The van der Waals surface area contributed by atoms with Gasteiger partial charge in [0.15, 0.2) is 0 Å². The third kappa shape index (κ3) is 2.24. The lowest BCUT2D eigenvalue weighted by molar-refractivity contribution is -0.182. The molecule has 1 heterocycles. The predicted molar refractivity (Wildman–Crippen MR) is 62.8 cm³/mol. The summed E-state index contributed by atoms with van der Waals surface area (Å²) >= 11 is 0. The molecule has 0 saturated heterocycles. The van der Waals surface area contributed by atoms with Gasteiger partial charge in [0.05, 0.1) is 0 Å². The first-order valence-corrected chi connectivity index (χ1v) is 5.37. The fourth-order valence-electron chi connectivity index (χ4n) is 1.89. The molecule has 86 valence electrons. The van der Waals surface area contributed by atoms with Crippen LogP contribution in [0.25, 0.3) is 10.9 Å². The predicted octanol–water partition coefficient (Wildman–Crippen LogP) is 0.958. The zero-order valence-electron chi connectivity index (χ0n) is 9.20. The number of hydrogen-bond acceptors (Lipinski definition) is 3. The number of aromatic nitrogens is 1. The van der Waals surface area contributed by atoms with E-state index in [-0.39, 0.29) is 6.42 Å². The number of fused-ring (bicyclic) bond motifs is 1. The van der Waals surface area contributed by atoms with Gasteiger partial charge in [0.1, 0.15) is 0 Å². The second kappa shape index (κ2) is 4.25. The molecule has 0 saturated carbocycles. The average Bonchev–Trinajstić information content (AvgIpc) is 2.61. The van der Waals surface area contributed by atoms with Crippen LogP contribution in [0.1, 0.15) is 12.5 Å². The first-order valence-electron chi connectivity index (χ1n) is 5.37. The maximum Gasteiger partial charge on any atom is 0.226 e. The third-order valence-corrected chi connectivity index (χ3v) is 2.57. The minimum absolute atomic E-state index is 0.158. The van der Waals surface area contributed by atoms with E-state index in [1.165, 1.54) is 0 Å². The highest BCUT2D eigenvalue weighted by Gasteiger charge is 2.23. The van der Waals surface area contributed by atoms with Crippen LogP contribution in [0.2, 0.25) is 0 Å². The molecule has 2 rings (SSSR count). The van der Waals surface area contributed by atoms with Crippen LogP contribution in [0.4, 0.5) is 0 Å². The largest absolute Gasteiger partial charge is 0.361 e. The molecule has 4 N–H and O–H groups in total. The van der Waals surface area contributed by atoms with Crippen molar-refractivity contribution in [2.24, 2.45) is 0 Å². The molecule has 0 aliphatic rings. The van der Waals surface area contributed by atoms with Crippen molar-refractivity contribution in [3.05, 3.63) is 36.0 Å². The summed E-state index contributed by atoms with van der Waals surface area (Å²) in [5, 5.41) is 23.0. The Kier molecular flexibility index (Phi) is 2.96. The molecule has 0 unspecified atom stereocenters. The third-order valence-electron chi connectivity index (χ3n) is 2.57. The smallest absolute Gasteiger partial charge is 0.226 e. The van der Waals surface area contributed by atoms with E-state index in [1.54, 1.807) is 0 Å². The van der Waals surface area contributed by atoms with Gasteiger partial charge in [0.2, 0.25) is 5.91 Å². The fourth-order valence-corrected chi connectivity index (χ4v) is 1.89. The van der Waals surface area contributed by atoms with Crippen LogP contribution in [0.3, 0.4) is 0 Å². The van der Waals surface area contributed by atoms with Gasteiger partial charge in [0.25, 0.3) is 0 Å². The van der Waals surface area contributed by atoms with E-state index in [4.69, 9.17) is 0 Å². The Morgan fingerprint density at radius 1 is 1.31 bits per heavy atom. The summed E-state index contributed by atoms with van der Waals surface area (Å²) in [5.74, 6) is -1.85. The number of likely N-dealkylation sites (N-methyl/N-ethyl adjacent to an activating group) is 1.